The molecule has 1 saturated heterocycles. The second-order valence-electron chi connectivity index (χ2n) is 4.45. The van der Waals surface area contributed by atoms with Crippen LogP contribution in [0.15, 0.2) is 24.3 Å². The smallest absolute Gasteiger partial charge is 0.326 e. The summed E-state index contributed by atoms with van der Waals surface area (Å²) < 4.78 is 4.88. The van der Waals surface area contributed by atoms with E-state index in [1.54, 1.807) is 18.2 Å². The van der Waals surface area contributed by atoms with E-state index >= 15 is 0 Å². The molecule has 0 amide bonds. The molecule has 1 unspecified atom stereocenters. The van der Waals surface area contributed by atoms with Crippen LogP contribution in [0.5, 0.6) is 5.75 Å². The van der Waals surface area contributed by atoms with Gasteiger partial charge in [0.25, 0.3) is 0 Å². The molecule has 0 saturated carbocycles. The lowest BCUT2D eigenvalue weighted by atomic mass is 9.89. The van der Waals surface area contributed by atoms with E-state index in [2.05, 4.69) is 5.32 Å². The zero-order valence-electron chi connectivity index (χ0n) is 9.90. The summed E-state index contributed by atoms with van der Waals surface area (Å²) in [7, 11) is 1.41. The number of phenolic OH excluding ortho intramolecular Hbond substituents is 1. The number of aromatic hydroxyl groups is 1. The summed E-state index contributed by atoms with van der Waals surface area (Å²) in [5, 5.41) is 12.7. The largest absolute Gasteiger partial charge is 0.508 e. The Kier molecular flexibility index (Phi) is 3.33. The molecular weight excluding hydrogens is 218 g/mol. The van der Waals surface area contributed by atoms with E-state index in [4.69, 9.17) is 4.74 Å². The molecular formula is C13H17NO3. The predicted molar refractivity (Wildman–Crippen MR) is 63.8 cm³/mol. The highest BCUT2D eigenvalue weighted by Gasteiger charge is 2.42. The molecule has 2 rings (SSSR count). The normalized spacial score (nSPS) is 23.6. The summed E-state index contributed by atoms with van der Waals surface area (Å²) in [6, 6.07) is 7.00. The Morgan fingerprint density at radius 2 is 2.41 bits per heavy atom. The van der Waals surface area contributed by atoms with Gasteiger partial charge in [0.1, 0.15) is 11.3 Å². The van der Waals surface area contributed by atoms with E-state index < -0.39 is 5.54 Å². The van der Waals surface area contributed by atoms with Crippen molar-refractivity contribution in [1.82, 2.24) is 5.32 Å². The Bertz CT molecular complexity index is 411. The molecule has 1 heterocycles. The topological polar surface area (TPSA) is 58.6 Å². The van der Waals surface area contributed by atoms with Gasteiger partial charge in [-0.3, -0.25) is 4.79 Å². The fourth-order valence-corrected chi connectivity index (χ4v) is 2.41. The first-order valence-electron chi connectivity index (χ1n) is 5.78. The highest BCUT2D eigenvalue weighted by Crippen LogP contribution is 2.26. The van der Waals surface area contributed by atoms with Crippen molar-refractivity contribution < 1.29 is 14.6 Å². The minimum Gasteiger partial charge on any atom is -0.508 e. The van der Waals surface area contributed by atoms with Gasteiger partial charge in [-0.25, -0.2) is 0 Å². The van der Waals surface area contributed by atoms with E-state index in [9.17, 15) is 9.90 Å². The molecule has 1 aromatic rings. The van der Waals surface area contributed by atoms with Crippen LogP contribution in [-0.2, 0) is 16.0 Å². The number of hydrogen-bond acceptors (Lipinski definition) is 4. The van der Waals surface area contributed by atoms with E-state index in [0.717, 1.165) is 24.9 Å². The summed E-state index contributed by atoms with van der Waals surface area (Å²) in [6.07, 6.45) is 2.29. The molecule has 17 heavy (non-hydrogen) atoms. The van der Waals surface area contributed by atoms with Crippen molar-refractivity contribution in [3.63, 3.8) is 0 Å². The number of hydrogen-bond donors (Lipinski definition) is 2. The quantitative estimate of drug-likeness (QED) is 0.774. The van der Waals surface area contributed by atoms with E-state index in [-0.39, 0.29) is 11.7 Å². The molecule has 2 N–H and O–H groups in total. The summed E-state index contributed by atoms with van der Waals surface area (Å²) in [5.41, 5.74) is 0.313. The molecule has 92 valence electrons. The molecule has 1 fully saturated rings. The molecule has 0 spiro atoms. The lowest BCUT2D eigenvalue weighted by Gasteiger charge is -2.26. The maximum absolute atomic E-state index is 11.9. The Hall–Kier alpha value is -1.55. The summed E-state index contributed by atoms with van der Waals surface area (Å²) in [6.45, 7) is 0.827. The molecule has 0 bridgehead atoms. The third-order valence-electron chi connectivity index (χ3n) is 3.24. The third kappa shape index (κ3) is 2.42. The van der Waals surface area contributed by atoms with Gasteiger partial charge in [0.05, 0.1) is 7.11 Å². The van der Waals surface area contributed by atoms with Crippen LogP contribution in [0.1, 0.15) is 18.4 Å². The molecule has 1 aliphatic heterocycles. The maximum atomic E-state index is 11.9. The molecule has 1 atom stereocenters. The van der Waals surface area contributed by atoms with Crippen molar-refractivity contribution in [1.29, 1.82) is 0 Å². The fourth-order valence-electron chi connectivity index (χ4n) is 2.41. The number of nitrogens with one attached hydrogen (secondary N) is 1. The van der Waals surface area contributed by atoms with Gasteiger partial charge in [0, 0.05) is 6.42 Å². The van der Waals surface area contributed by atoms with Gasteiger partial charge in [-0.2, -0.15) is 0 Å². The van der Waals surface area contributed by atoms with Crippen LogP contribution < -0.4 is 5.32 Å². The van der Waals surface area contributed by atoms with Crippen LogP contribution in [-0.4, -0.2) is 30.3 Å². The van der Waals surface area contributed by atoms with Crippen molar-refractivity contribution in [2.45, 2.75) is 24.8 Å². The Morgan fingerprint density at radius 3 is 3.00 bits per heavy atom. The maximum Gasteiger partial charge on any atom is 0.326 e. The SMILES string of the molecule is COC(=O)C1(Cc2cccc(O)c2)CCCN1. The van der Waals surface area contributed by atoms with Gasteiger partial charge >= 0.3 is 5.97 Å². The predicted octanol–water partition coefficient (Wildman–Crippen LogP) is 1.23. The average molecular weight is 235 g/mol. The van der Waals surface area contributed by atoms with Gasteiger partial charge in [-0.1, -0.05) is 12.1 Å². The second kappa shape index (κ2) is 4.75. The first-order chi connectivity index (χ1) is 8.16. The molecule has 1 aromatic carbocycles. The zero-order valence-corrected chi connectivity index (χ0v) is 9.90. The van der Waals surface area contributed by atoms with Crippen LogP contribution in [0.3, 0.4) is 0 Å². The van der Waals surface area contributed by atoms with Crippen molar-refractivity contribution in [3.05, 3.63) is 29.8 Å². The van der Waals surface area contributed by atoms with Gasteiger partial charge in [-0.05, 0) is 37.1 Å². The minimum atomic E-state index is -0.622. The number of carbonyl (C=O) groups excluding carboxylic acids is 1. The van der Waals surface area contributed by atoms with E-state index in [1.165, 1.54) is 7.11 Å². The number of ether oxygens (including phenoxy) is 1. The number of rotatable bonds is 3. The monoisotopic (exact) mass is 235 g/mol. The van der Waals surface area contributed by atoms with Crippen LogP contribution in [0.2, 0.25) is 0 Å². The van der Waals surface area contributed by atoms with E-state index in [1.807, 2.05) is 6.07 Å². The summed E-state index contributed by atoms with van der Waals surface area (Å²) >= 11 is 0. The number of benzene rings is 1. The van der Waals surface area contributed by atoms with Crippen LogP contribution in [0.25, 0.3) is 0 Å². The van der Waals surface area contributed by atoms with Gasteiger partial charge in [0.15, 0.2) is 0 Å². The number of phenols is 1. The number of methoxy groups -OCH3 is 1. The van der Waals surface area contributed by atoms with Crippen molar-refractivity contribution in [2.75, 3.05) is 13.7 Å². The standard InChI is InChI=1S/C13H17NO3/c1-17-12(16)13(6-3-7-14-13)9-10-4-2-5-11(15)8-10/h2,4-5,8,14-15H,3,6-7,9H2,1H3. The number of esters is 1. The Labute approximate surface area is 101 Å². The highest BCUT2D eigenvalue weighted by atomic mass is 16.5. The Balaban J connectivity index is 2.21. The van der Waals surface area contributed by atoms with Gasteiger partial charge < -0.3 is 15.2 Å². The van der Waals surface area contributed by atoms with Gasteiger partial charge in [-0.15, -0.1) is 0 Å². The summed E-state index contributed by atoms with van der Waals surface area (Å²) in [5.74, 6) is -0.00106. The van der Waals surface area contributed by atoms with Crippen molar-refractivity contribution in [2.24, 2.45) is 0 Å². The van der Waals surface area contributed by atoms with Crippen LogP contribution in [0.4, 0.5) is 0 Å². The molecule has 1 aliphatic rings. The van der Waals surface area contributed by atoms with Crippen LogP contribution in [0, 0.1) is 0 Å². The van der Waals surface area contributed by atoms with Gasteiger partial charge in [0.2, 0.25) is 0 Å². The summed E-state index contributed by atoms with van der Waals surface area (Å²) in [4.78, 5) is 11.9. The van der Waals surface area contributed by atoms with E-state index in [0.29, 0.717) is 6.42 Å². The Morgan fingerprint density at radius 1 is 1.59 bits per heavy atom. The van der Waals surface area contributed by atoms with Crippen molar-refractivity contribution >= 4 is 5.97 Å². The van der Waals surface area contributed by atoms with Crippen LogP contribution >= 0.6 is 0 Å². The second-order valence-corrected chi connectivity index (χ2v) is 4.45. The lowest BCUT2D eigenvalue weighted by molar-refractivity contribution is -0.148. The zero-order chi connectivity index (χ0) is 12.3. The number of carbonyl (C=O) groups is 1. The first-order valence-corrected chi connectivity index (χ1v) is 5.78. The highest BCUT2D eigenvalue weighted by molar-refractivity contribution is 5.81. The lowest BCUT2D eigenvalue weighted by Crippen LogP contribution is -2.50. The molecule has 0 radical (unpaired) electrons. The molecule has 0 aromatic heterocycles. The van der Waals surface area contributed by atoms with Crippen molar-refractivity contribution in [3.8, 4) is 5.75 Å². The molecule has 0 aliphatic carbocycles. The fraction of sp³-hybridized carbons (Fsp3) is 0.462. The molecule has 4 heteroatoms. The first kappa shape index (κ1) is 11.9. The minimum absolute atomic E-state index is 0.223. The molecule has 4 nitrogen and oxygen atoms in total. The third-order valence-corrected chi connectivity index (χ3v) is 3.24. The average Bonchev–Trinajstić information content (AvgIpc) is 2.78.